The maximum absolute atomic E-state index is 12.5. The lowest BCUT2D eigenvalue weighted by atomic mass is 9.92. The first-order valence-electron chi connectivity index (χ1n) is 10.3. The number of aromatic nitrogens is 2. The molecule has 8 heteroatoms. The minimum atomic E-state index is -0.235. The fourth-order valence-electron chi connectivity index (χ4n) is 3.04. The molecule has 2 aromatic carbocycles. The van der Waals surface area contributed by atoms with Crippen LogP contribution in [0.2, 0.25) is 0 Å². The number of amides is 2. The van der Waals surface area contributed by atoms with E-state index < -0.39 is 0 Å². The normalized spacial score (nSPS) is 11.2. The number of rotatable bonds is 8. The summed E-state index contributed by atoms with van der Waals surface area (Å²) in [6.07, 6.45) is 0.692. The lowest BCUT2D eigenvalue weighted by molar-refractivity contribution is -0.119. The van der Waals surface area contributed by atoms with Gasteiger partial charge in [0.05, 0.1) is 0 Å². The molecule has 0 bridgehead atoms. The minimum Gasteiger partial charge on any atom is -0.375 e. The third-order valence-electron chi connectivity index (χ3n) is 4.49. The van der Waals surface area contributed by atoms with E-state index in [0.717, 1.165) is 11.1 Å². The van der Waals surface area contributed by atoms with Crippen molar-refractivity contribution in [3.05, 3.63) is 65.5 Å². The lowest BCUT2D eigenvalue weighted by Gasteiger charge is -2.13. The Labute approximate surface area is 187 Å². The van der Waals surface area contributed by atoms with Gasteiger partial charge in [-0.1, -0.05) is 50.2 Å². The van der Waals surface area contributed by atoms with Gasteiger partial charge in [0.15, 0.2) is 0 Å². The van der Waals surface area contributed by atoms with Gasteiger partial charge in [-0.25, -0.2) is 0 Å². The van der Waals surface area contributed by atoms with Crippen LogP contribution in [-0.2, 0) is 22.5 Å². The second-order valence-electron chi connectivity index (χ2n) is 8.69. The number of ether oxygens (including phenoxy) is 1. The van der Waals surface area contributed by atoms with Crippen LogP contribution in [-0.4, -0.2) is 35.7 Å². The predicted octanol–water partition coefficient (Wildman–Crippen LogP) is 3.84. The number of nitrogens with zero attached hydrogens (tertiary/aromatic N) is 2. The van der Waals surface area contributed by atoms with Crippen LogP contribution in [0.5, 0.6) is 0 Å². The van der Waals surface area contributed by atoms with Gasteiger partial charge in [0.1, 0.15) is 6.61 Å². The van der Waals surface area contributed by atoms with Gasteiger partial charge in [0, 0.05) is 36.9 Å². The topological polar surface area (TPSA) is 106 Å². The molecule has 3 rings (SSSR count). The van der Waals surface area contributed by atoms with Crippen LogP contribution in [0.3, 0.4) is 0 Å². The summed E-state index contributed by atoms with van der Waals surface area (Å²) in [5.41, 5.74) is 2.87. The van der Waals surface area contributed by atoms with E-state index in [-0.39, 0.29) is 23.8 Å². The van der Waals surface area contributed by atoms with E-state index in [1.54, 1.807) is 30.3 Å². The Morgan fingerprint density at radius 1 is 1.09 bits per heavy atom. The van der Waals surface area contributed by atoms with Gasteiger partial charge in [0.2, 0.25) is 17.6 Å². The van der Waals surface area contributed by atoms with Gasteiger partial charge in [0.25, 0.3) is 5.91 Å². The Hall–Kier alpha value is -3.52. The van der Waals surface area contributed by atoms with Crippen LogP contribution in [0, 0.1) is 5.41 Å². The summed E-state index contributed by atoms with van der Waals surface area (Å²) in [4.78, 5) is 28.6. The van der Waals surface area contributed by atoms with Gasteiger partial charge in [-0.2, -0.15) is 4.98 Å². The Kier molecular flexibility index (Phi) is 7.37. The molecule has 3 aromatic rings. The first-order valence-corrected chi connectivity index (χ1v) is 10.3. The molecule has 0 radical (unpaired) electrons. The van der Waals surface area contributed by atoms with Crippen LogP contribution < -0.4 is 10.6 Å². The first kappa shape index (κ1) is 23.1. The maximum Gasteiger partial charge on any atom is 0.251 e. The summed E-state index contributed by atoms with van der Waals surface area (Å²) >= 11 is 0. The van der Waals surface area contributed by atoms with E-state index in [0.29, 0.717) is 35.9 Å². The molecule has 2 N–H and O–H groups in total. The fraction of sp³-hybridized carbons (Fsp3) is 0.333. The number of carbonyl (C=O) groups excluding carboxylic acids is 2. The summed E-state index contributed by atoms with van der Waals surface area (Å²) < 4.78 is 10.1. The van der Waals surface area contributed by atoms with Crippen LogP contribution in [0.4, 0.5) is 5.69 Å². The van der Waals surface area contributed by atoms with Crippen LogP contribution in [0.25, 0.3) is 11.4 Å². The zero-order valence-corrected chi connectivity index (χ0v) is 18.8. The Balaban J connectivity index is 1.58. The molecule has 0 saturated carbocycles. The highest BCUT2D eigenvalue weighted by molar-refractivity contribution is 5.94. The zero-order chi connectivity index (χ0) is 23.1. The molecule has 0 aliphatic heterocycles. The molecular weight excluding hydrogens is 408 g/mol. The molecule has 1 aromatic heterocycles. The highest BCUT2D eigenvalue weighted by Crippen LogP contribution is 2.22. The molecule has 0 aliphatic carbocycles. The van der Waals surface area contributed by atoms with Crippen molar-refractivity contribution in [2.45, 2.75) is 33.7 Å². The number of carbonyl (C=O) groups is 2. The van der Waals surface area contributed by atoms with Gasteiger partial charge in [-0.15, -0.1) is 0 Å². The SMILES string of the molecule is COCC(=O)Nc1cccc(CNC(=O)c2ccc(-c3noc(CC(C)(C)C)n3)cc2)c1. The summed E-state index contributed by atoms with van der Waals surface area (Å²) in [6.45, 7) is 6.64. The van der Waals surface area contributed by atoms with E-state index in [1.165, 1.54) is 7.11 Å². The quantitative estimate of drug-likeness (QED) is 0.556. The molecule has 0 fully saturated rings. The van der Waals surface area contributed by atoms with E-state index >= 15 is 0 Å². The van der Waals surface area contributed by atoms with Crippen molar-refractivity contribution in [2.24, 2.45) is 5.41 Å². The van der Waals surface area contributed by atoms with E-state index in [1.807, 2.05) is 18.2 Å². The molecular formula is C24H28N4O4. The number of hydrogen-bond donors (Lipinski definition) is 2. The van der Waals surface area contributed by atoms with Crippen molar-refractivity contribution in [3.8, 4) is 11.4 Å². The molecule has 0 saturated heterocycles. The van der Waals surface area contributed by atoms with Crippen molar-refractivity contribution in [3.63, 3.8) is 0 Å². The van der Waals surface area contributed by atoms with Gasteiger partial charge in [-0.3, -0.25) is 9.59 Å². The van der Waals surface area contributed by atoms with E-state index in [4.69, 9.17) is 9.26 Å². The highest BCUT2D eigenvalue weighted by Gasteiger charge is 2.17. The molecule has 0 spiro atoms. The molecule has 0 unspecified atom stereocenters. The van der Waals surface area contributed by atoms with Crippen LogP contribution >= 0.6 is 0 Å². The molecule has 168 valence electrons. The lowest BCUT2D eigenvalue weighted by Crippen LogP contribution is -2.23. The second-order valence-corrected chi connectivity index (χ2v) is 8.69. The average molecular weight is 437 g/mol. The largest absolute Gasteiger partial charge is 0.375 e. The Bertz CT molecular complexity index is 1070. The van der Waals surface area contributed by atoms with Gasteiger partial charge in [-0.05, 0) is 35.2 Å². The maximum atomic E-state index is 12.5. The number of anilines is 1. The third kappa shape index (κ3) is 6.75. The van der Waals surface area contributed by atoms with Crippen LogP contribution in [0.1, 0.15) is 42.6 Å². The van der Waals surface area contributed by atoms with Gasteiger partial charge >= 0.3 is 0 Å². The third-order valence-corrected chi connectivity index (χ3v) is 4.49. The standard InChI is InChI=1S/C24H28N4O4/c1-24(2,3)13-21-27-22(28-32-21)17-8-10-18(11-9-17)23(30)25-14-16-6-5-7-19(12-16)26-20(29)15-31-4/h5-12H,13-15H2,1-4H3,(H,25,30)(H,26,29). The number of methoxy groups -OCH3 is 1. The monoisotopic (exact) mass is 436 g/mol. The Morgan fingerprint density at radius 3 is 2.53 bits per heavy atom. The molecule has 0 aliphatic rings. The molecule has 1 heterocycles. The van der Waals surface area contributed by atoms with Crippen molar-refractivity contribution < 1.29 is 18.8 Å². The summed E-state index contributed by atoms with van der Waals surface area (Å²) in [5.74, 6) is 0.659. The van der Waals surface area contributed by atoms with E-state index in [2.05, 4.69) is 41.5 Å². The van der Waals surface area contributed by atoms with Crippen molar-refractivity contribution in [1.29, 1.82) is 0 Å². The highest BCUT2D eigenvalue weighted by atomic mass is 16.5. The number of benzene rings is 2. The Morgan fingerprint density at radius 2 is 1.84 bits per heavy atom. The minimum absolute atomic E-state index is 0.0152. The summed E-state index contributed by atoms with van der Waals surface area (Å²) in [5, 5.41) is 9.66. The van der Waals surface area contributed by atoms with Gasteiger partial charge < -0.3 is 19.9 Å². The second kappa shape index (κ2) is 10.2. The fourth-order valence-corrected chi connectivity index (χ4v) is 3.04. The molecule has 8 nitrogen and oxygen atoms in total. The molecule has 2 amide bonds. The predicted molar refractivity (Wildman–Crippen MR) is 121 cm³/mol. The first-order chi connectivity index (χ1) is 15.2. The number of nitrogens with one attached hydrogen (secondary N) is 2. The smallest absolute Gasteiger partial charge is 0.251 e. The molecule has 0 atom stereocenters. The molecule has 32 heavy (non-hydrogen) atoms. The van der Waals surface area contributed by atoms with Crippen molar-refractivity contribution in [1.82, 2.24) is 15.5 Å². The summed E-state index contributed by atoms with van der Waals surface area (Å²) in [7, 11) is 1.46. The number of hydrogen-bond acceptors (Lipinski definition) is 6. The van der Waals surface area contributed by atoms with Crippen molar-refractivity contribution in [2.75, 3.05) is 19.0 Å². The zero-order valence-electron chi connectivity index (χ0n) is 18.8. The van der Waals surface area contributed by atoms with Crippen molar-refractivity contribution >= 4 is 17.5 Å². The average Bonchev–Trinajstić information content (AvgIpc) is 3.19. The van der Waals surface area contributed by atoms with E-state index in [9.17, 15) is 9.59 Å². The summed E-state index contributed by atoms with van der Waals surface area (Å²) in [6, 6.07) is 14.3. The van der Waals surface area contributed by atoms with Crippen LogP contribution in [0.15, 0.2) is 53.1 Å².